The van der Waals surface area contributed by atoms with Gasteiger partial charge in [-0.25, -0.2) is 0 Å². The van der Waals surface area contributed by atoms with Gasteiger partial charge in [-0.15, -0.1) is 0 Å². The lowest BCUT2D eigenvalue weighted by molar-refractivity contribution is 0.193. The molecular formula is C14H15N3OS2. The first-order valence-electron chi connectivity index (χ1n) is 6.36. The predicted molar refractivity (Wildman–Crippen MR) is 84.0 cm³/mol. The molecule has 0 amide bonds. The highest BCUT2D eigenvalue weighted by atomic mass is 32.2. The van der Waals surface area contributed by atoms with Gasteiger partial charge in [-0.05, 0) is 23.8 Å². The van der Waals surface area contributed by atoms with Crippen LogP contribution in [0.25, 0.3) is 0 Å². The summed E-state index contributed by atoms with van der Waals surface area (Å²) in [5.41, 5.74) is 1.22. The monoisotopic (exact) mass is 305 g/mol. The largest absolute Gasteiger partial charge is 0.467 e. The summed E-state index contributed by atoms with van der Waals surface area (Å²) in [5, 5.41) is 0. The second-order valence-electron chi connectivity index (χ2n) is 4.65. The third-order valence-corrected chi connectivity index (χ3v) is 4.67. The van der Waals surface area contributed by atoms with E-state index in [4.69, 9.17) is 16.6 Å². The molecule has 0 aliphatic carbocycles. The first-order chi connectivity index (χ1) is 9.81. The SMILES string of the molecule is S=C1SCN(Cc2cccnc2)CN1Cc1ccco1. The molecule has 0 bridgehead atoms. The number of hydrogen-bond donors (Lipinski definition) is 0. The van der Waals surface area contributed by atoms with Crippen molar-refractivity contribution in [3.8, 4) is 0 Å². The third kappa shape index (κ3) is 3.39. The summed E-state index contributed by atoms with van der Waals surface area (Å²) in [5.74, 6) is 1.86. The van der Waals surface area contributed by atoms with Crippen molar-refractivity contribution in [2.45, 2.75) is 13.1 Å². The summed E-state index contributed by atoms with van der Waals surface area (Å²) < 4.78 is 6.33. The highest BCUT2D eigenvalue weighted by Crippen LogP contribution is 2.22. The predicted octanol–water partition coefficient (Wildman–Crippen LogP) is 2.93. The minimum atomic E-state index is 0.725. The molecule has 2 aromatic rings. The van der Waals surface area contributed by atoms with E-state index < -0.39 is 0 Å². The number of nitrogens with zero attached hydrogens (tertiary/aromatic N) is 3. The standard InChI is InChI=1S/C14H15N3OS2/c19-14-17(9-13-4-2-6-18-13)10-16(11-20-14)8-12-3-1-5-15-7-12/h1-7H,8-11H2. The highest BCUT2D eigenvalue weighted by molar-refractivity contribution is 8.22. The lowest BCUT2D eigenvalue weighted by atomic mass is 10.3. The maximum atomic E-state index is 5.43. The lowest BCUT2D eigenvalue weighted by Gasteiger charge is -2.36. The van der Waals surface area contributed by atoms with Gasteiger partial charge in [0.2, 0.25) is 0 Å². The molecule has 0 saturated carbocycles. The van der Waals surface area contributed by atoms with Crippen molar-refractivity contribution < 1.29 is 4.42 Å². The number of rotatable bonds is 4. The molecule has 4 nitrogen and oxygen atoms in total. The quantitative estimate of drug-likeness (QED) is 0.808. The van der Waals surface area contributed by atoms with Crippen molar-refractivity contribution in [1.29, 1.82) is 0 Å². The Bertz CT molecular complexity index is 559. The maximum absolute atomic E-state index is 5.43. The molecular weight excluding hydrogens is 290 g/mol. The van der Waals surface area contributed by atoms with Crippen molar-refractivity contribution in [3.63, 3.8) is 0 Å². The van der Waals surface area contributed by atoms with Gasteiger partial charge in [-0.1, -0.05) is 30.0 Å². The van der Waals surface area contributed by atoms with E-state index in [2.05, 4.69) is 20.9 Å². The Hall–Kier alpha value is -1.37. The van der Waals surface area contributed by atoms with Gasteiger partial charge < -0.3 is 9.32 Å². The second-order valence-corrected chi connectivity index (χ2v) is 6.23. The van der Waals surface area contributed by atoms with Crippen LogP contribution in [0.15, 0.2) is 47.3 Å². The molecule has 0 spiro atoms. The van der Waals surface area contributed by atoms with Gasteiger partial charge in [0.15, 0.2) is 0 Å². The van der Waals surface area contributed by atoms with Gasteiger partial charge >= 0.3 is 0 Å². The van der Waals surface area contributed by atoms with Gasteiger partial charge in [-0.2, -0.15) is 0 Å². The summed E-state index contributed by atoms with van der Waals surface area (Å²) in [6.07, 6.45) is 5.41. The number of pyridine rings is 1. The molecule has 0 N–H and O–H groups in total. The number of thioether (sulfide) groups is 1. The second kappa shape index (κ2) is 6.39. The van der Waals surface area contributed by atoms with Gasteiger partial charge in [0.05, 0.1) is 25.4 Å². The molecule has 3 rings (SSSR count). The zero-order valence-corrected chi connectivity index (χ0v) is 12.6. The van der Waals surface area contributed by atoms with E-state index in [0.717, 1.165) is 35.7 Å². The van der Waals surface area contributed by atoms with Crippen LogP contribution in [0, 0.1) is 0 Å². The summed E-state index contributed by atoms with van der Waals surface area (Å²) in [4.78, 5) is 8.67. The smallest absolute Gasteiger partial charge is 0.139 e. The van der Waals surface area contributed by atoms with E-state index in [1.807, 2.05) is 24.4 Å². The first kappa shape index (κ1) is 13.6. The molecule has 0 radical (unpaired) electrons. The molecule has 1 aliphatic rings. The lowest BCUT2D eigenvalue weighted by Crippen LogP contribution is -2.43. The van der Waals surface area contributed by atoms with E-state index in [9.17, 15) is 0 Å². The average Bonchev–Trinajstić information content (AvgIpc) is 2.97. The molecule has 20 heavy (non-hydrogen) atoms. The maximum Gasteiger partial charge on any atom is 0.139 e. The van der Waals surface area contributed by atoms with E-state index >= 15 is 0 Å². The molecule has 0 aromatic carbocycles. The molecule has 1 fully saturated rings. The van der Waals surface area contributed by atoms with Crippen LogP contribution >= 0.6 is 24.0 Å². The van der Waals surface area contributed by atoms with E-state index in [-0.39, 0.29) is 0 Å². The van der Waals surface area contributed by atoms with E-state index in [1.54, 1.807) is 24.2 Å². The number of furan rings is 1. The minimum Gasteiger partial charge on any atom is -0.467 e. The van der Waals surface area contributed by atoms with Gasteiger partial charge in [-0.3, -0.25) is 9.88 Å². The summed E-state index contributed by atoms with van der Waals surface area (Å²) >= 11 is 7.12. The first-order valence-corrected chi connectivity index (χ1v) is 7.76. The normalized spacial score (nSPS) is 16.6. The number of thiocarbonyl (C=S) groups is 1. The van der Waals surface area contributed by atoms with Crippen LogP contribution in [-0.4, -0.2) is 31.6 Å². The molecule has 2 aromatic heterocycles. The Morgan fingerprint density at radius 3 is 3.00 bits per heavy atom. The van der Waals surface area contributed by atoms with Crippen molar-refractivity contribution in [2.24, 2.45) is 0 Å². The molecule has 0 unspecified atom stereocenters. The third-order valence-electron chi connectivity index (χ3n) is 3.06. The molecule has 1 aliphatic heterocycles. The van der Waals surface area contributed by atoms with Crippen LogP contribution in [0.2, 0.25) is 0 Å². The Balaban J connectivity index is 1.62. The Morgan fingerprint density at radius 2 is 2.25 bits per heavy atom. The fourth-order valence-corrected chi connectivity index (χ4v) is 3.18. The Labute approximate surface area is 127 Å². The van der Waals surface area contributed by atoms with Crippen molar-refractivity contribution in [2.75, 3.05) is 12.5 Å². The zero-order valence-electron chi connectivity index (χ0n) is 10.9. The number of aromatic nitrogens is 1. The number of hydrogen-bond acceptors (Lipinski definition) is 5. The molecule has 3 heterocycles. The van der Waals surface area contributed by atoms with Gasteiger partial charge in [0.1, 0.15) is 10.1 Å². The molecule has 1 saturated heterocycles. The van der Waals surface area contributed by atoms with Gasteiger partial charge in [0.25, 0.3) is 0 Å². The Kier molecular flexibility index (Phi) is 4.34. The Morgan fingerprint density at radius 1 is 1.30 bits per heavy atom. The van der Waals surface area contributed by atoms with E-state index in [1.165, 1.54) is 5.56 Å². The molecule has 6 heteroatoms. The van der Waals surface area contributed by atoms with Crippen LogP contribution in [-0.2, 0) is 13.1 Å². The van der Waals surface area contributed by atoms with Crippen molar-refractivity contribution in [3.05, 3.63) is 54.2 Å². The van der Waals surface area contributed by atoms with Crippen molar-refractivity contribution >= 4 is 28.3 Å². The van der Waals surface area contributed by atoms with Crippen molar-refractivity contribution in [1.82, 2.24) is 14.8 Å². The zero-order chi connectivity index (χ0) is 13.8. The molecule has 104 valence electrons. The highest BCUT2D eigenvalue weighted by Gasteiger charge is 2.22. The van der Waals surface area contributed by atoms with Crippen LogP contribution in [0.5, 0.6) is 0 Å². The van der Waals surface area contributed by atoms with Crippen LogP contribution in [0.4, 0.5) is 0 Å². The summed E-state index contributed by atoms with van der Waals surface area (Å²) in [7, 11) is 0. The van der Waals surface area contributed by atoms with Crippen LogP contribution < -0.4 is 0 Å². The molecule has 0 atom stereocenters. The summed E-state index contributed by atoms with van der Waals surface area (Å²) in [6.45, 7) is 2.43. The van der Waals surface area contributed by atoms with Crippen LogP contribution in [0.1, 0.15) is 11.3 Å². The topological polar surface area (TPSA) is 32.5 Å². The minimum absolute atomic E-state index is 0.725. The fourth-order valence-electron chi connectivity index (χ4n) is 2.13. The average molecular weight is 305 g/mol. The van der Waals surface area contributed by atoms with E-state index in [0.29, 0.717) is 0 Å². The summed E-state index contributed by atoms with van der Waals surface area (Å²) in [6, 6.07) is 7.95. The van der Waals surface area contributed by atoms with Gasteiger partial charge in [0, 0.05) is 18.9 Å². The fraction of sp³-hybridized carbons (Fsp3) is 0.286. The van der Waals surface area contributed by atoms with Crippen LogP contribution in [0.3, 0.4) is 0 Å².